The normalized spacial score (nSPS) is 20.8. The summed E-state index contributed by atoms with van der Waals surface area (Å²) < 4.78 is 22.3. The minimum atomic E-state index is -1.31. The number of pyridine rings is 1. The first-order valence-corrected chi connectivity index (χ1v) is 9.59. The van der Waals surface area contributed by atoms with Gasteiger partial charge in [-0.3, -0.25) is 4.79 Å². The number of aromatic nitrogens is 1. The van der Waals surface area contributed by atoms with E-state index in [1.165, 1.54) is 12.3 Å². The zero-order valence-corrected chi connectivity index (χ0v) is 15.9. The molecule has 1 aromatic heterocycles. The summed E-state index contributed by atoms with van der Waals surface area (Å²) in [6.07, 6.45) is 3.16. The molecule has 0 bridgehead atoms. The van der Waals surface area contributed by atoms with E-state index in [1.807, 2.05) is 11.9 Å². The van der Waals surface area contributed by atoms with Gasteiger partial charge in [0.05, 0.1) is 17.3 Å². The molecule has 1 unspecified atom stereocenters. The fourth-order valence-corrected chi connectivity index (χ4v) is 4.00. The van der Waals surface area contributed by atoms with E-state index < -0.39 is 17.2 Å². The maximum Gasteiger partial charge on any atom is 0.341 e. The number of hydrogen-bond donors (Lipinski definition) is 1. The van der Waals surface area contributed by atoms with Gasteiger partial charge >= 0.3 is 5.97 Å². The summed E-state index contributed by atoms with van der Waals surface area (Å²) in [7, 11) is 2.03. The van der Waals surface area contributed by atoms with Gasteiger partial charge in [0, 0.05) is 50.9 Å². The van der Waals surface area contributed by atoms with Gasteiger partial charge in [-0.2, -0.15) is 0 Å². The van der Waals surface area contributed by atoms with Gasteiger partial charge in [0.15, 0.2) is 0 Å². The number of ether oxygens (including phenoxy) is 1. The van der Waals surface area contributed by atoms with E-state index in [0.717, 1.165) is 25.9 Å². The molecule has 2 fully saturated rings. The molecule has 8 heteroatoms. The maximum absolute atomic E-state index is 14.9. The van der Waals surface area contributed by atoms with Crippen LogP contribution in [0.2, 0.25) is 0 Å². The molecule has 28 heavy (non-hydrogen) atoms. The molecular formula is C20H24FN3O4. The lowest BCUT2D eigenvalue weighted by Gasteiger charge is -2.34. The Kier molecular flexibility index (Phi) is 5.07. The zero-order valence-electron chi connectivity index (χ0n) is 15.9. The van der Waals surface area contributed by atoms with E-state index in [-0.39, 0.29) is 17.1 Å². The zero-order chi connectivity index (χ0) is 19.8. The van der Waals surface area contributed by atoms with Crippen LogP contribution in [0.3, 0.4) is 0 Å². The van der Waals surface area contributed by atoms with Crippen molar-refractivity contribution in [2.24, 2.45) is 0 Å². The number of likely N-dealkylation sites (N-methyl/N-ethyl adjacent to an activating group) is 1. The summed E-state index contributed by atoms with van der Waals surface area (Å²) in [4.78, 5) is 28.3. The second kappa shape index (κ2) is 7.52. The number of benzene rings is 1. The lowest BCUT2D eigenvalue weighted by Crippen LogP contribution is -2.44. The van der Waals surface area contributed by atoms with Crippen LogP contribution >= 0.6 is 0 Å². The summed E-state index contributed by atoms with van der Waals surface area (Å²) in [5, 5.41) is 9.50. The van der Waals surface area contributed by atoms with Crippen molar-refractivity contribution in [3.8, 4) is 0 Å². The smallest absolute Gasteiger partial charge is 0.341 e. The van der Waals surface area contributed by atoms with Crippen molar-refractivity contribution in [2.45, 2.75) is 25.5 Å². The molecule has 2 aliphatic rings. The van der Waals surface area contributed by atoms with Crippen LogP contribution in [0.15, 0.2) is 23.1 Å². The van der Waals surface area contributed by atoms with Crippen molar-refractivity contribution in [3.05, 3.63) is 39.9 Å². The summed E-state index contributed by atoms with van der Waals surface area (Å²) in [5.41, 5.74) is -0.0165. The maximum atomic E-state index is 14.9. The number of carboxylic acids is 1. The predicted octanol–water partition coefficient (Wildman–Crippen LogP) is 1.77. The van der Waals surface area contributed by atoms with Crippen molar-refractivity contribution < 1.29 is 19.0 Å². The molecule has 0 amide bonds. The Morgan fingerprint density at radius 3 is 2.68 bits per heavy atom. The van der Waals surface area contributed by atoms with E-state index in [9.17, 15) is 19.1 Å². The summed E-state index contributed by atoms with van der Waals surface area (Å²) in [6, 6.07) is 2.86. The molecule has 2 aromatic rings. The molecule has 150 valence electrons. The van der Waals surface area contributed by atoms with Crippen LogP contribution in [0.1, 0.15) is 23.2 Å². The fraction of sp³-hybridized carbons (Fsp3) is 0.500. The van der Waals surface area contributed by atoms with E-state index in [2.05, 4.69) is 4.90 Å². The first-order chi connectivity index (χ1) is 13.4. The summed E-state index contributed by atoms with van der Waals surface area (Å²) >= 11 is 0. The molecule has 0 radical (unpaired) electrons. The highest BCUT2D eigenvalue weighted by atomic mass is 19.1. The summed E-state index contributed by atoms with van der Waals surface area (Å²) in [6.45, 7) is 4.17. The number of halogens is 1. The van der Waals surface area contributed by atoms with E-state index in [1.54, 1.807) is 10.6 Å². The van der Waals surface area contributed by atoms with Crippen LogP contribution in [0, 0.1) is 5.82 Å². The Labute approximate surface area is 161 Å². The standard InChI is InChI=1S/C20H24FN3O4/c1-22-4-6-23(7-5-22)18-10-17-14(9-16(18)21)19(25)15(20(26)27)12-24(17)11-13-3-2-8-28-13/h9-10,12-13H,2-8,11H2,1H3,(H,26,27). The van der Waals surface area contributed by atoms with Gasteiger partial charge in [-0.05, 0) is 32.0 Å². The molecule has 3 heterocycles. The Hall–Kier alpha value is -2.45. The Morgan fingerprint density at radius 2 is 2.04 bits per heavy atom. The molecule has 4 rings (SSSR count). The van der Waals surface area contributed by atoms with Gasteiger partial charge in [0.2, 0.25) is 5.43 Å². The van der Waals surface area contributed by atoms with Crippen LogP contribution in [0.5, 0.6) is 0 Å². The number of piperazine rings is 1. The molecule has 1 aromatic carbocycles. The van der Waals surface area contributed by atoms with Crippen LogP contribution in [-0.2, 0) is 11.3 Å². The van der Waals surface area contributed by atoms with Crippen LogP contribution in [0.4, 0.5) is 10.1 Å². The fourth-order valence-electron chi connectivity index (χ4n) is 4.00. The molecule has 7 nitrogen and oxygen atoms in total. The van der Waals surface area contributed by atoms with Gasteiger partial charge < -0.3 is 24.2 Å². The highest BCUT2D eigenvalue weighted by molar-refractivity contribution is 5.93. The Balaban J connectivity index is 1.84. The van der Waals surface area contributed by atoms with Crippen LogP contribution < -0.4 is 10.3 Å². The molecule has 2 saturated heterocycles. The largest absolute Gasteiger partial charge is 0.477 e. The second-order valence-electron chi connectivity index (χ2n) is 7.58. The van der Waals surface area contributed by atoms with Gasteiger partial charge in [-0.25, -0.2) is 9.18 Å². The molecular weight excluding hydrogens is 365 g/mol. The number of aromatic carboxylic acids is 1. The van der Waals surface area contributed by atoms with Crippen molar-refractivity contribution >= 4 is 22.6 Å². The average molecular weight is 389 g/mol. The van der Waals surface area contributed by atoms with Gasteiger partial charge in [-0.15, -0.1) is 0 Å². The van der Waals surface area contributed by atoms with Gasteiger partial charge in [-0.1, -0.05) is 0 Å². The second-order valence-corrected chi connectivity index (χ2v) is 7.58. The van der Waals surface area contributed by atoms with Gasteiger partial charge in [0.1, 0.15) is 11.4 Å². The number of fused-ring (bicyclic) bond motifs is 1. The van der Waals surface area contributed by atoms with Crippen LogP contribution in [-0.4, -0.2) is 66.5 Å². The quantitative estimate of drug-likeness (QED) is 0.859. The number of carboxylic acid groups (broad SMARTS) is 1. The molecule has 0 aliphatic carbocycles. The van der Waals surface area contributed by atoms with Gasteiger partial charge in [0.25, 0.3) is 0 Å². The highest BCUT2D eigenvalue weighted by Gasteiger charge is 2.23. The minimum absolute atomic E-state index is 0.0375. The number of nitrogens with zero attached hydrogens (tertiary/aromatic N) is 3. The van der Waals surface area contributed by atoms with Crippen molar-refractivity contribution in [1.82, 2.24) is 9.47 Å². The first kappa shape index (κ1) is 18.9. The van der Waals surface area contributed by atoms with Crippen molar-refractivity contribution in [2.75, 3.05) is 44.7 Å². The SMILES string of the molecule is CN1CCN(c2cc3c(cc2F)c(=O)c(C(=O)O)cn3CC2CCCO2)CC1. The first-order valence-electron chi connectivity index (χ1n) is 9.59. The third kappa shape index (κ3) is 3.49. The highest BCUT2D eigenvalue weighted by Crippen LogP contribution is 2.27. The van der Waals surface area contributed by atoms with Crippen molar-refractivity contribution in [1.29, 1.82) is 0 Å². The molecule has 0 spiro atoms. The Morgan fingerprint density at radius 1 is 1.29 bits per heavy atom. The molecule has 1 atom stereocenters. The predicted molar refractivity (Wildman–Crippen MR) is 104 cm³/mol. The lowest BCUT2D eigenvalue weighted by atomic mass is 10.1. The summed E-state index contributed by atoms with van der Waals surface area (Å²) in [5.74, 6) is -1.81. The van der Waals surface area contributed by atoms with Crippen LogP contribution in [0.25, 0.3) is 10.9 Å². The monoisotopic (exact) mass is 389 g/mol. The topological polar surface area (TPSA) is 75.0 Å². The Bertz CT molecular complexity index is 960. The lowest BCUT2D eigenvalue weighted by molar-refractivity contribution is 0.0693. The number of anilines is 1. The van der Waals surface area contributed by atoms with E-state index in [0.29, 0.717) is 37.4 Å². The third-order valence-corrected chi connectivity index (χ3v) is 5.65. The van der Waals surface area contributed by atoms with E-state index in [4.69, 9.17) is 4.74 Å². The molecule has 0 saturated carbocycles. The van der Waals surface area contributed by atoms with E-state index >= 15 is 0 Å². The molecule has 2 aliphatic heterocycles. The molecule has 1 N–H and O–H groups in total. The number of carbonyl (C=O) groups is 1. The third-order valence-electron chi connectivity index (χ3n) is 5.65. The van der Waals surface area contributed by atoms with Crippen molar-refractivity contribution in [3.63, 3.8) is 0 Å². The number of hydrogen-bond acceptors (Lipinski definition) is 5. The number of rotatable bonds is 4. The average Bonchev–Trinajstić information content (AvgIpc) is 3.17. The minimum Gasteiger partial charge on any atom is -0.477 e.